The van der Waals surface area contributed by atoms with Gasteiger partial charge in [-0.05, 0) is 63.5 Å². The monoisotopic (exact) mass is 365 g/mol. The molecule has 0 spiro atoms. The van der Waals surface area contributed by atoms with Crippen LogP contribution < -0.4 is 10.4 Å². The minimum Gasteiger partial charge on any atom is -0.399 e. The lowest BCUT2D eigenvalue weighted by Gasteiger charge is -2.32. The van der Waals surface area contributed by atoms with E-state index in [0.29, 0.717) is 5.69 Å². The topological polar surface area (TPSA) is 55.8 Å². The lowest BCUT2D eigenvalue weighted by Crippen LogP contribution is -2.41. The summed E-state index contributed by atoms with van der Waals surface area (Å²) in [5.41, 5.74) is 0.722. The van der Waals surface area contributed by atoms with Crippen molar-refractivity contribution in [1.82, 2.24) is 0 Å². The molecule has 3 fully saturated rings. The van der Waals surface area contributed by atoms with E-state index in [4.69, 9.17) is 9.31 Å². The minimum absolute atomic E-state index is 0.0507. The van der Waals surface area contributed by atoms with E-state index >= 15 is 0 Å². The molecular formula is C21H24BNO4. The number of anilines is 1. The molecule has 2 bridgehead atoms. The van der Waals surface area contributed by atoms with Gasteiger partial charge >= 0.3 is 7.12 Å². The lowest BCUT2D eigenvalue weighted by molar-refractivity contribution is -0.123. The van der Waals surface area contributed by atoms with Crippen LogP contribution in [0.1, 0.15) is 34.1 Å². The Morgan fingerprint density at radius 2 is 1.37 bits per heavy atom. The van der Waals surface area contributed by atoms with E-state index in [1.54, 1.807) is 0 Å². The van der Waals surface area contributed by atoms with Gasteiger partial charge in [0.25, 0.3) is 0 Å². The Kier molecular flexibility index (Phi) is 3.39. The first kappa shape index (κ1) is 17.2. The van der Waals surface area contributed by atoms with Gasteiger partial charge in [0, 0.05) is 0 Å². The van der Waals surface area contributed by atoms with Crippen LogP contribution in [0.4, 0.5) is 5.69 Å². The third-order valence-corrected chi connectivity index (χ3v) is 7.15. The number of imide groups is 1. The number of benzene rings is 1. The molecule has 4 aliphatic rings. The van der Waals surface area contributed by atoms with Crippen molar-refractivity contribution in [2.24, 2.45) is 23.7 Å². The van der Waals surface area contributed by atoms with Crippen LogP contribution in [0.2, 0.25) is 0 Å². The maximum absolute atomic E-state index is 12.9. The summed E-state index contributed by atoms with van der Waals surface area (Å²) in [7, 11) is -0.451. The predicted octanol–water partition coefficient (Wildman–Crippen LogP) is 2.30. The van der Waals surface area contributed by atoms with Crippen molar-refractivity contribution < 1.29 is 18.9 Å². The highest BCUT2D eigenvalue weighted by molar-refractivity contribution is 6.62. The highest BCUT2D eigenvalue weighted by atomic mass is 16.7. The quantitative estimate of drug-likeness (QED) is 0.459. The molecule has 0 aromatic heterocycles. The Hall–Kier alpha value is -1.92. The molecule has 0 unspecified atom stereocenters. The molecule has 5 nitrogen and oxygen atoms in total. The number of hydrogen-bond acceptors (Lipinski definition) is 4. The number of fused-ring (bicyclic) bond motifs is 5. The molecule has 2 heterocycles. The molecule has 1 aromatic carbocycles. The van der Waals surface area contributed by atoms with E-state index in [1.807, 2.05) is 52.0 Å². The molecule has 2 amide bonds. The summed E-state index contributed by atoms with van der Waals surface area (Å²) in [5, 5.41) is 0. The Morgan fingerprint density at radius 3 is 1.85 bits per heavy atom. The molecule has 0 N–H and O–H groups in total. The van der Waals surface area contributed by atoms with Crippen LogP contribution in [-0.4, -0.2) is 30.1 Å². The van der Waals surface area contributed by atoms with Crippen LogP contribution >= 0.6 is 0 Å². The Labute approximate surface area is 159 Å². The van der Waals surface area contributed by atoms with Gasteiger partial charge in [-0.15, -0.1) is 0 Å². The highest BCUT2D eigenvalue weighted by Crippen LogP contribution is 2.53. The van der Waals surface area contributed by atoms with Crippen LogP contribution in [0.5, 0.6) is 0 Å². The zero-order valence-corrected chi connectivity index (χ0v) is 16.1. The van der Waals surface area contributed by atoms with Gasteiger partial charge in [-0.1, -0.05) is 24.3 Å². The molecule has 140 valence electrons. The van der Waals surface area contributed by atoms with Crippen molar-refractivity contribution >= 4 is 30.1 Å². The molecule has 4 atom stereocenters. The molecule has 1 saturated carbocycles. The number of carbonyl (C=O) groups excluding carboxylic acids is 2. The lowest BCUT2D eigenvalue weighted by atomic mass is 9.79. The number of carbonyl (C=O) groups is 2. The van der Waals surface area contributed by atoms with E-state index in [1.165, 1.54) is 4.90 Å². The smallest absolute Gasteiger partial charge is 0.399 e. The average molecular weight is 365 g/mol. The molecule has 5 rings (SSSR count). The Morgan fingerprint density at radius 1 is 0.889 bits per heavy atom. The standard InChI is InChI=1S/C21H24BNO4/c1-20(2)21(3,4)27-22(26-20)14-7-9-15(10-8-14)23-18(24)16-12-5-6-13(11-12)17(16)19(23)25/h5-10,12-13,16-17H,11H2,1-4H3/t12-,13+,16-,17-/m0/s1. The zero-order chi connectivity index (χ0) is 19.1. The van der Waals surface area contributed by atoms with Gasteiger partial charge < -0.3 is 9.31 Å². The molecule has 2 aliphatic carbocycles. The number of rotatable bonds is 2. The van der Waals surface area contributed by atoms with Crippen molar-refractivity contribution in [2.75, 3.05) is 4.90 Å². The molecule has 27 heavy (non-hydrogen) atoms. The first-order valence-corrected chi connectivity index (χ1v) is 9.71. The maximum atomic E-state index is 12.9. The second-order valence-electron chi connectivity index (χ2n) is 9.19. The second-order valence-corrected chi connectivity index (χ2v) is 9.19. The molecule has 1 aromatic rings. The third-order valence-electron chi connectivity index (χ3n) is 7.15. The van der Waals surface area contributed by atoms with E-state index in [-0.39, 0.29) is 35.5 Å². The zero-order valence-electron chi connectivity index (χ0n) is 16.1. The first-order chi connectivity index (χ1) is 12.7. The van der Waals surface area contributed by atoms with E-state index < -0.39 is 18.3 Å². The predicted molar refractivity (Wildman–Crippen MR) is 102 cm³/mol. The summed E-state index contributed by atoms with van der Waals surface area (Å²) in [6.45, 7) is 8.07. The van der Waals surface area contributed by atoms with Gasteiger partial charge in [0.05, 0.1) is 28.7 Å². The van der Waals surface area contributed by atoms with Crippen LogP contribution in [0.3, 0.4) is 0 Å². The normalized spacial score (nSPS) is 35.4. The van der Waals surface area contributed by atoms with Crippen molar-refractivity contribution in [3.63, 3.8) is 0 Å². The Balaban J connectivity index is 1.39. The summed E-state index contributed by atoms with van der Waals surface area (Å²) in [6, 6.07) is 7.43. The number of amides is 2. The highest BCUT2D eigenvalue weighted by Gasteiger charge is 2.59. The number of nitrogens with zero attached hydrogens (tertiary/aromatic N) is 1. The fourth-order valence-corrected chi connectivity index (χ4v) is 4.92. The third kappa shape index (κ3) is 2.26. The fraction of sp³-hybridized carbons (Fsp3) is 0.524. The van der Waals surface area contributed by atoms with Crippen LogP contribution in [-0.2, 0) is 18.9 Å². The SMILES string of the molecule is CC1(C)OB(c2ccc(N3C(=O)[C@@H]4[C@@H](C3=O)[C@H]3C=C[C@@H]4C3)cc2)OC1(C)C. The second kappa shape index (κ2) is 5.33. The van der Waals surface area contributed by atoms with E-state index in [2.05, 4.69) is 12.2 Å². The van der Waals surface area contributed by atoms with E-state index in [9.17, 15) is 9.59 Å². The number of hydrogen-bond donors (Lipinski definition) is 0. The Bertz CT molecular complexity index is 813. The molecule has 6 heteroatoms. The van der Waals surface area contributed by atoms with Gasteiger partial charge in [-0.3, -0.25) is 14.5 Å². The molecular weight excluding hydrogens is 341 g/mol. The first-order valence-electron chi connectivity index (χ1n) is 9.71. The molecule has 2 saturated heterocycles. The van der Waals surface area contributed by atoms with Gasteiger partial charge in [0.2, 0.25) is 11.8 Å². The summed E-state index contributed by atoms with van der Waals surface area (Å²) in [6.07, 6.45) is 5.17. The fourth-order valence-electron chi connectivity index (χ4n) is 4.92. The van der Waals surface area contributed by atoms with Gasteiger partial charge in [0.15, 0.2) is 0 Å². The van der Waals surface area contributed by atoms with Gasteiger partial charge in [-0.2, -0.15) is 0 Å². The molecule has 2 aliphatic heterocycles. The van der Waals surface area contributed by atoms with Crippen molar-refractivity contribution in [1.29, 1.82) is 0 Å². The largest absolute Gasteiger partial charge is 0.494 e. The van der Waals surface area contributed by atoms with Crippen LogP contribution in [0.25, 0.3) is 0 Å². The minimum atomic E-state index is -0.451. The van der Waals surface area contributed by atoms with Crippen molar-refractivity contribution in [3.8, 4) is 0 Å². The van der Waals surface area contributed by atoms with Crippen LogP contribution in [0, 0.1) is 23.7 Å². The summed E-state index contributed by atoms with van der Waals surface area (Å²) in [5.74, 6) is 0.0111. The van der Waals surface area contributed by atoms with Crippen molar-refractivity contribution in [2.45, 2.75) is 45.3 Å². The van der Waals surface area contributed by atoms with E-state index in [0.717, 1.165) is 11.9 Å². The maximum Gasteiger partial charge on any atom is 0.494 e. The summed E-state index contributed by atoms with van der Waals surface area (Å²) >= 11 is 0. The van der Waals surface area contributed by atoms with Gasteiger partial charge in [-0.25, -0.2) is 0 Å². The van der Waals surface area contributed by atoms with Gasteiger partial charge in [0.1, 0.15) is 0 Å². The summed E-state index contributed by atoms with van der Waals surface area (Å²) < 4.78 is 12.2. The molecule has 0 radical (unpaired) electrons. The van der Waals surface area contributed by atoms with Crippen LogP contribution in [0.15, 0.2) is 36.4 Å². The van der Waals surface area contributed by atoms with Crippen molar-refractivity contribution in [3.05, 3.63) is 36.4 Å². The summed E-state index contributed by atoms with van der Waals surface area (Å²) in [4.78, 5) is 27.2. The average Bonchev–Trinajstić information content (AvgIpc) is 3.32. The number of allylic oxidation sites excluding steroid dienone is 2.